The lowest BCUT2D eigenvalue weighted by Crippen LogP contribution is -2.12. The second-order valence-electron chi connectivity index (χ2n) is 5.64. The van der Waals surface area contributed by atoms with Gasteiger partial charge >= 0.3 is 0 Å². The molecule has 1 aromatic heterocycles. The van der Waals surface area contributed by atoms with Crippen LogP contribution in [0.3, 0.4) is 0 Å². The lowest BCUT2D eigenvalue weighted by molar-refractivity contribution is 0.0997. The van der Waals surface area contributed by atoms with Gasteiger partial charge in [0, 0.05) is 14.8 Å². The van der Waals surface area contributed by atoms with Crippen molar-refractivity contribution in [1.29, 1.82) is 0 Å². The molecule has 0 atom stereocenters. The van der Waals surface area contributed by atoms with E-state index in [1.54, 1.807) is 30.3 Å². The Bertz CT molecular complexity index is 966. The summed E-state index contributed by atoms with van der Waals surface area (Å²) < 4.78 is 6.83. The van der Waals surface area contributed by atoms with E-state index in [1.165, 1.54) is 0 Å². The lowest BCUT2D eigenvalue weighted by atomic mass is 10.1. The van der Waals surface area contributed by atoms with Crippen LogP contribution in [0.2, 0.25) is 10.0 Å². The number of hydrogen-bond acceptors (Lipinski definition) is 2. The Morgan fingerprint density at radius 3 is 2.60 bits per heavy atom. The van der Waals surface area contributed by atoms with Crippen LogP contribution in [0.5, 0.6) is 0 Å². The fourth-order valence-corrected chi connectivity index (χ4v) is 3.41. The van der Waals surface area contributed by atoms with Crippen molar-refractivity contribution < 1.29 is 9.21 Å². The van der Waals surface area contributed by atoms with E-state index in [2.05, 4.69) is 27.9 Å². The highest BCUT2D eigenvalue weighted by Crippen LogP contribution is 2.34. The molecule has 1 N–H and O–H groups in total. The molecule has 0 saturated heterocycles. The third-order valence-corrected chi connectivity index (χ3v) is 5.78. The van der Waals surface area contributed by atoms with Crippen LogP contribution >= 0.6 is 45.8 Å². The van der Waals surface area contributed by atoms with Crippen LogP contribution in [0, 0.1) is 17.4 Å². The van der Waals surface area contributed by atoms with Gasteiger partial charge in [-0.15, -0.1) is 0 Å². The predicted molar refractivity (Wildman–Crippen MR) is 111 cm³/mol. The first-order valence-corrected chi connectivity index (χ1v) is 9.32. The zero-order chi connectivity index (χ0) is 18.1. The normalized spacial score (nSPS) is 10.8. The summed E-state index contributed by atoms with van der Waals surface area (Å²) >= 11 is 14.5. The van der Waals surface area contributed by atoms with Crippen molar-refractivity contribution in [2.45, 2.75) is 13.8 Å². The zero-order valence-corrected chi connectivity index (χ0v) is 17.2. The summed E-state index contributed by atoms with van der Waals surface area (Å²) in [5, 5.41) is 3.72. The van der Waals surface area contributed by atoms with Crippen molar-refractivity contribution in [2.24, 2.45) is 0 Å². The molecule has 0 spiro atoms. The molecule has 1 amide bonds. The maximum absolute atomic E-state index is 12.5. The number of halogens is 3. The Morgan fingerprint density at radius 1 is 1.08 bits per heavy atom. The molecule has 0 radical (unpaired) electrons. The molecule has 1 heterocycles. The number of amides is 1. The topological polar surface area (TPSA) is 42.2 Å². The van der Waals surface area contributed by atoms with Crippen molar-refractivity contribution >= 4 is 57.4 Å². The Hall–Kier alpha value is -1.50. The van der Waals surface area contributed by atoms with Gasteiger partial charge in [0.25, 0.3) is 5.91 Å². The van der Waals surface area contributed by atoms with E-state index in [9.17, 15) is 4.79 Å². The Kier molecular flexibility index (Phi) is 5.41. The van der Waals surface area contributed by atoms with E-state index in [0.29, 0.717) is 21.4 Å². The lowest BCUT2D eigenvalue weighted by Gasteiger charge is -2.10. The molecule has 0 aliphatic heterocycles. The Morgan fingerprint density at radius 2 is 1.84 bits per heavy atom. The number of benzene rings is 2. The Labute approximate surface area is 169 Å². The summed E-state index contributed by atoms with van der Waals surface area (Å²) in [6.07, 6.45) is 0. The van der Waals surface area contributed by atoms with Crippen molar-refractivity contribution in [2.75, 3.05) is 5.32 Å². The van der Waals surface area contributed by atoms with E-state index in [1.807, 2.05) is 26.0 Å². The van der Waals surface area contributed by atoms with Crippen LogP contribution in [0.1, 0.15) is 21.7 Å². The smallest absolute Gasteiger partial charge is 0.291 e. The Balaban J connectivity index is 1.86. The van der Waals surface area contributed by atoms with Crippen LogP contribution in [-0.2, 0) is 0 Å². The number of rotatable bonds is 3. The van der Waals surface area contributed by atoms with E-state index < -0.39 is 0 Å². The van der Waals surface area contributed by atoms with Crippen LogP contribution in [0.15, 0.2) is 46.9 Å². The summed E-state index contributed by atoms with van der Waals surface area (Å²) in [6.45, 7) is 3.96. The monoisotopic (exact) mass is 485 g/mol. The highest BCUT2D eigenvalue weighted by Gasteiger charge is 2.16. The largest absolute Gasteiger partial charge is 0.451 e. The molecular formula is C19H14Cl2INO2. The SMILES string of the molecule is Cc1cc(NC(=O)c2ccc(-c3cccc(Cl)c3Cl)o2)c(C)cc1I. The molecule has 6 heteroatoms. The minimum absolute atomic E-state index is 0.210. The summed E-state index contributed by atoms with van der Waals surface area (Å²) in [7, 11) is 0. The van der Waals surface area contributed by atoms with Crippen molar-refractivity contribution in [3.8, 4) is 11.3 Å². The van der Waals surface area contributed by atoms with Crippen LogP contribution in [-0.4, -0.2) is 5.91 Å². The molecule has 0 bridgehead atoms. The number of carbonyl (C=O) groups excluding carboxylic acids is 1. The minimum atomic E-state index is -0.312. The third-order valence-electron chi connectivity index (χ3n) is 3.80. The average molecular weight is 486 g/mol. The van der Waals surface area contributed by atoms with E-state index >= 15 is 0 Å². The molecule has 3 aromatic rings. The first-order chi connectivity index (χ1) is 11.9. The molecular weight excluding hydrogens is 472 g/mol. The van der Waals surface area contributed by atoms with E-state index in [-0.39, 0.29) is 11.7 Å². The quantitative estimate of drug-likeness (QED) is 0.418. The number of furan rings is 1. The number of anilines is 1. The molecule has 3 rings (SSSR count). The molecule has 0 fully saturated rings. The highest BCUT2D eigenvalue weighted by atomic mass is 127. The maximum Gasteiger partial charge on any atom is 0.291 e. The summed E-state index contributed by atoms with van der Waals surface area (Å²) in [4.78, 5) is 12.5. The van der Waals surface area contributed by atoms with Gasteiger partial charge in [0.15, 0.2) is 5.76 Å². The molecule has 0 unspecified atom stereocenters. The maximum atomic E-state index is 12.5. The zero-order valence-electron chi connectivity index (χ0n) is 13.5. The van der Waals surface area contributed by atoms with Crippen LogP contribution in [0.4, 0.5) is 5.69 Å². The molecule has 128 valence electrons. The molecule has 0 saturated carbocycles. The van der Waals surface area contributed by atoms with Gasteiger partial charge in [-0.05, 0) is 84.0 Å². The summed E-state index contributed by atoms with van der Waals surface area (Å²) in [5.41, 5.74) is 3.51. The minimum Gasteiger partial charge on any atom is -0.451 e. The third kappa shape index (κ3) is 3.86. The second kappa shape index (κ2) is 7.40. The average Bonchev–Trinajstić information content (AvgIpc) is 3.05. The van der Waals surface area contributed by atoms with Crippen LogP contribution < -0.4 is 5.32 Å². The number of carbonyl (C=O) groups is 1. The van der Waals surface area contributed by atoms with E-state index in [4.69, 9.17) is 27.6 Å². The molecule has 0 aliphatic carbocycles. The fraction of sp³-hybridized carbons (Fsp3) is 0.105. The van der Waals surface area contributed by atoms with Gasteiger partial charge in [-0.25, -0.2) is 0 Å². The van der Waals surface area contributed by atoms with Gasteiger partial charge in [-0.2, -0.15) is 0 Å². The number of hydrogen-bond donors (Lipinski definition) is 1. The highest BCUT2D eigenvalue weighted by molar-refractivity contribution is 14.1. The van der Waals surface area contributed by atoms with Gasteiger partial charge in [0.2, 0.25) is 0 Å². The molecule has 0 aliphatic rings. The number of aryl methyl sites for hydroxylation is 2. The molecule has 3 nitrogen and oxygen atoms in total. The second-order valence-corrected chi connectivity index (χ2v) is 7.58. The van der Waals surface area contributed by atoms with Gasteiger partial charge in [0.1, 0.15) is 5.76 Å². The van der Waals surface area contributed by atoms with Crippen molar-refractivity contribution in [1.82, 2.24) is 0 Å². The first-order valence-electron chi connectivity index (χ1n) is 7.49. The van der Waals surface area contributed by atoms with Crippen molar-refractivity contribution in [3.05, 3.63) is 73.0 Å². The summed E-state index contributed by atoms with van der Waals surface area (Å²) in [6, 6.07) is 12.6. The number of nitrogens with one attached hydrogen (secondary N) is 1. The van der Waals surface area contributed by atoms with Crippen molar-refractivity contribution in [3.63, 3.8) is 0 Å². The van der Waals surface area contributed by atoms with Gasteiger partial charge < -0.3 is 9.73 Å². The van der Waals surface area contributed by atoms with Gasteiger partial charge in [0.05, 0.1) is 10.0 Å². The first kappa shape index (κ1) is 18.3. The standard InChI is InChI=1S/C19H14Cl2INO2/c1-10-9-15(11(2)8-14(10)22)23-19(24)17-7-6-16(25-17)12-4-3-5-13(20)18(12)21/h3-9H,1-2H3,(H,23,24). The van der Waals surface area contributed by atoms with E-state index in [0.717, 1.165) is 20.4 Å². The van der Waals surface area contributed by atoms with Gasteiger partial charge in [-0.1, -0.05) is 29.3 Å². The van der Waals surface area contributed by atoms with Crippen LogP contribution in [0.25, 0.3) is 11.3 Å². The molecule has 2 aromatic carbocycles. The summed E-state index contributed by atoms with van der Waals surface area (Å²) in [5.74, 6) is 0.392. The predicted octanol–water partition coefficient (Wildman–Crippen LogP) is 6.73. The molecule has 25 heavy (non-hydrogen) atoms. The fourth-order valence-electron chi connectivity index (χ4n) is 2.40. The van der Waals surface area contributed by atoms with Gasteiger partial charge in [-0.3, -0.25) is 4.79 Å².